The first-order chi connectivity index (χ1) is 6.75. The van der Waals surface area contributed by atoms with Crippen LogP contribution in [0.4, 0.5) is 0 Å². The maximum absolute atomic E-state index is 5.80. The van der Waals surface area contributed by atoms with Crippen molar-refractivity contribution in [3.8, 4) is 0 Å². The first-order valence-electron chi connectivity index (χ1n) is 3.98. The van der Waals surface area contributed by atoms with Gasteiger partial charge >= 0.3 is 97.9 Å². The molecule has 5 heteroatoms. The average Bonchev–Trinajstić information content (AvgIpc) is 2.56. The van der Waals surface area contributed by atoms with Gasteiger partial charge in [-0.2, -0.15) is 0 Å². The van der Waals surface area contributed by atoms with E-state index in [0.29, 0.717) is 0 Å². The van der Waals surface area contributed by atoms with Crippen molar-refractivity contribution < 1.29 is 0 Å². The van der Waals surface area contributed by atoms with Crippen molar-refractivity contribution in [1.29, 1.82) is 0 Å². The summed E-state index contributed by atoms with van der Waals surface area (Å²) >= 11 is 7.71. The van der Waals surface area contributed by atoms with Crippen LogP contribution in [-0.4, -0.2) is 23.9 Å². The molecule has 0 saturated heterocycles. The van der Waals surface area contributed by atoms with E-state index < -0.39 is 0 Å². The van der Waals surface area contributed by atoms with Crippen molar-refractivity contribution in [3.05, 3.63) is 35.0 Å². The molecule has 14 heavy (non-hydrogen) atoms. The Balaban J connectivity index is 2.19. The molecule has 0 aliphatic heterocycles. The molecule has 0 radical (unpaired) electrons. The molecule has 0 amide bonds. The van der Waals surface area contributed by atoms with E-state index in [4.69, 9.17) is 11.6 Å². The monoisotopic (exact) mass is 290 g/mol. The zero-order valence-electron chi connectivity index (χ0n) is 7.40. The summed E-state index contributed by atoms with van der Waals surface area (Å²) in [6.07, 6.45) is 0. The SMILES string of the molecule is Cc1nn[se]c1Sc1ccc(Cl)cc1. The Labute approximate surface area is 97.7 Å². The third kappa shape index (κ3) is 2.39. The number of aryl methyl sites for hydroxylation is 1. The molecule has 2 aromatic rings. The third-order valence-electron chi connectivity index (χ3n) is 1.63. The Morgan fingerprint density at radius 1 is 1.29 bits per heavy atom. The van der Waals surface area contributed by atoms with Crippen LogP contribution in [0.25, 0.3) is 0 Å². The molecule has 0 aliphatic rings. The fourth-order valence-corrected chi connectivity index (χ4v) is 3.64. The van der Waals surface area contributed by atoms with Gasteiger partial charge in [-0.05, 0) is 0 Å². The van der Waals surface area contributed by atoms with Crippen LogP contribution in [0.15, 0.2) is 32.9 Å². The van der Waals surface area contributed by atoms with Crippen LogP contribution < -0.4 is 0 Å². The van der Waals surface area contributed by atoms with Gasteiger partial charge in [-0.3, -0.25) is 0 Å². The summed E-state index contributed by atoms with van der Waals surface area (Å²) in [6, 6.07) is 7.83. The summed E-state index contributed by atoms with van der Waals surface area (Å²) in [5.41, 5.74) is 1.05. The van der Waals surface area contributed by atoms with E-state index in [9.17, 15) is 0 Å². The molecule has 0 spiro atoms. The molecule has 2 rings (SSSR count). The Hall–Kier alpha value is -0.281. The normalized spacial score (nSPS) is 10.4. The quantitative estimate of drug-likeness (QED) is 0.795. The molecule has 0 saturated carbocycles. The summed E-state index contributed by atoms with van der Waals surface area (Å²) in [6.45, 7) is 2.00. The van der Waals surface area contributed by atoms with Gasteiger partial charge in [0.25, 0.3) is 0 Å². The fraction of sp³-hybridized carbons (Fsp3) is 0.111. The maximum atomic E-state index is 5.80. The molecule has 72 valence electrons. The zero-order valence-corrected chi connectivity index (χ0v) is 10.7. The molecule has 1 aromatic carbocycles. The van der Waals surface area contributed by atoms with Crippen LogP contribution in [-0.2, 0) is 0 Å². The molecule has 0 fully saturated rings. The molecular weight excluding hydrogens is 283 g/mol. The Kier molecular flexibility index (Phi) is 3.29. The molecule has 2 nitrogen and oxygen atoms in total. The summed E-state index contributed by atoms with van der Waals surface area (Å²) < 4.78 is 5.30. The van der Waals surface area contributed by atoms with Crippen LogP contribution >= 0.6 is 23.4 Å². The van der Waals surface area contributed by atoms with Gasteiger partial charge in [-0.1, -0.05) is 0 Å². The first-order valence-corrected chi connectivity index (χ1v) is 6.80. The van der Waals surface area contributed by atoms with E-state index in [1.807, 2.05) is 31.2 Å². The van der Waals surface area contributed by atoms with Gasteiger partial charge in [0.2, 0.25) is 0 Å². The number of halogens is 1. The van der Waals surface area contributed by atoms with Crippen molar-refractivity contribution in [2.45, 2.75) is 15.6 Å². The molecule has 0 unspecified atom stereocenters. The standard InChI is InChI=1S/C9H7ClN2SSe/c1-6-9(14-12-11-6)13-8-4-2-7(10)3-5-8/h2-5H,1H3. The van der Waals surface area contributed by atoms with Crippen LogP contribution in [0, 0.1) is 6.92 Å². The summed E-state index contributed by atoms with van der Waals surface area (Å²) in [5, 5.41) is 4.79. The minimum absolute atomic E-state index is 0.175. The van der Waals surface area contributed by atoms with Crippen LogP contribution in [0.2, 0.25) is 5.02 Å². The van der Waals surface area contributed by atoms with Crippen molar-refractivity contribution in [2.75, 3.05) is 0 Å². The van der Waals surface area contributed by atoms with Gasteiger partial charge in [-0.15, -0.1) is 0 Å². The predicted molar refractivity (Wildman–Crippen MR) is 59.3 cm³/mol. The second-order valence-electron chi connectivity index (χ2n) is 2.70. The predicted octanol–water partition coefficient (Wildman–Crippen LogP) is 2.65. The molecule has 0 bridgehead atoms. The summed E-state index contributed by atoms with van der Waals surface area (Å²) in [5.74, 6) is 0. The molecule has 0 N–H and O–H groups in total. The molecule has 1 aromatic heterocycles. The summed E-state index contributed by atoms with van der Waals surface area (Å²) in [7, 11) is 0. The molecule has 0 atom stereocenters. The van der Waals surface area contributed by atoms with Crippen LogP contribution in [0.1, 0.15) is 5.69 Å². The minimum atomic E-state index is 0.175. The van der Waals surface area contributed by atoms with Gasteiger partial charge in [0.1, 0.15) is 0 Å². The van der Waals surface area contributed by atoms with E-state index in [0.717, 1.165) is 10.7 Å². The van der Waals surface area contributed by atoms with E-state index in [1.54, 1.807) is 11.8 Å². The second kappa shape index (κ2) is 4.49. The van der Waals surface area contributed by atoms with Gasteiger partial charge < -0.3 is 0 Å². The Morgan fingerprint density at radius 2 is 2.00 bits per heavy atom. The topological polar surface area (TPSA) is 25.8 Å². The molecular formula is C9H7ClN2SSe. The molecule has 1 heterocycles. The number of hydrogen-bond acceptors (Lipinski definition) is 3. The number of benzene rings is 1. The van der Waals surface area contributed by atoms with Crippen LogP contribution in [0.5, 0.6) is 0 Å². The molecule has 0 aliphatic carbocycles. The van der Waals surface area contributed by atoms with Gasteiger partial charge in [0, 0.05) is 0 Å². The second-order valence-corrected chi connectivity index (χ2v) is 6.39. The van der Waals surface area contributed by atoms with E-state index in [1.165, 1.54) is 8.66 Å². The van der Waals surface area contributed by atoms with Gasteiger partial charge in [0.15, 0.2) is 0 Å². The Morgan fingerprint density at radius 3 is 2.57 bits per heavy atom. The average molecular weight is 290 g/mol. The number of aromatic nitrogens is 2. The van der Waals surface area contributed by atoms with Gasteiger partial charge in [0.05, 0.1) is 0 Å². The fourth-order valence-electron chi connectivity index (χ4n) is 0.928. The summed E-state index contributed by atoms with van der Waals surface area (Å²) in [4.78, 5) is 1.19. The van der Waals surface area contributed by atoms with E-state index >= 15 is 0 Å². The number of nitrogens with zero attached hydrogens (tertiary/aromatic N) is 2. The Bertz CT molecular complexity index is 427. The third-order valence-corrected chi connectivity index (χ3v) is 5.10. The van der Waals surface area contributed by atoms with Crippen molar-refractivity contribution >= 4 is 38.1 Å². The van der Waals surface area contributed by atoms with Crippen molar-refractivity contribution in [3.63, 3.8) is 0 Å². The van der Waals surface area contributed by atoms with Crippen LogP contribution in [0.3, 0.4) is 0 Å². The van der Waals surface area contributed by atoms with E-state index in [-0.39, 0.29) is 14.7 Å². The number of rotatable bonds is 2. The van der Waals surface area contributed by atoms with E-state index in [2.05, 4.69) is 9.19 Å². The zero-order chi connectivity index (χ0) is 9.97. The van der Waals surface area contributed by atoms with Gasteiger partial charge in [-0.25, -0.2) is 0 Å². The first kappa shape index (κ1) is 10.2. The van der Waals surface area contributed by atoms with Crippen molar-refractivity contribution in [2.24, 2.45) is 0 Å². The number of hydrogen-bond donors (Lipinski definition) is 0. The van der Waals surface area contributed by atoms with Crippen molar-refractivity contribution in [1.82, 2.24) is 9.19 Å².